The van der Waals surface area contributed by atoms with Gasteiger partial charge in [0.15, 0.2) is 0 Å². The lowest BCUT2D eigenvalue weighted by Gasteiger charge is -2.35. The first-order valence-corrected chi connectivity index (χ1v) is 24.4. The van der Waals surface area contributed by atoms with Crippen LogP contribution in [0.1, 0.15) is 0 Å². The minimum Gasteiger partial charge on any atom is -0.310 e. The maximum absolute atomic E-state index is 3.92. The summed E-state index contributed by atoms with van der Waals surface area (Å²) < 4.78 is 0.982. The molecule has 0 amide bonds. The molecular weight excluding hydrogens is 915 g/mol. The molecule has 0 bridgehead atoms. The first kappa shape index (κ1) is 43.8. The third-order valence-electron chi connectivity index (χ3n) is 12.6. The fraction of sp³-hybridized carbons (Fsp3) is 0. The summed E-state index contributed by atoms with van der Waals surface area (Å²) in [5.41, 5.74) is 18.2. The number of anilines is 9. The van der Waals surface area contributed by atoms with Crippen LogP contribution in [0.3, 0.4) is 0 Å². The molecule has 0 aliphatic heterocycles. The van der Waals surface area contributed by atoms with Crippen molar-refractivity contribution >= 4 is 67.1 Å². The normalized spacial score (nSPS) is 10.9. The van der Waals surface area contributed by atoms with Crippen LogP contribution in [0.2, 0.25) is 0 Å². The Kier molecular flexibility index (Phi) is 12.7. The average molecular weight is 963 g/mol. The van der Waals surface area contributed by atoms with Gasteiger partial charge in [0, 0.05) is 43.8 Å². The summed E-state index contributed by atoms with van der Waals surface area (Å²) in [6.07, 6.45) is 0. The molecule has 11 aromatic rings. The molecule has 0 atom stereocenters. The number of hydrogen-bond acceptors (Lipinski definition) is 3. The van der Waals surface area contributed by atoms with E-state index in [0.29, 0.717) is 0 Å². The van der Waals surface area contributed by atoms with Crippen molar-refractivity contribution in [3.63, 3.8) is 0 Å². The Labute approximate surface area is 419 Å². The minimum absolute atomic E-state index is 0.974. The number of nitrogens with zero attached hydrogens (tertiary/aromatic N) is 3. The number of benzene rings is 11. The van der Waals surface area contributed by atoms with Crippen LogP contribution in [0.25, 0.3) is 44.5 Å². The zero-order valence-corrected chi connectivity index (χ0v) is 40.0. The number of hydrogen-bond donors (Lipinski definition) is 0. The second-order valence-corrected chi connectivity index (χ2v) is 18.0. The lowest BCUT2D eigenvalue weighted by molar-refractivity contribution is 1.22. The van der Waals surface area contributed by atoms with Crippen molar-refractivity contribution in [3.05, 3.63) is 296 Å². The van der Waals surface area contributed by atoms with E-state index in [0.717, 1.165) is 100 Å². The zero-order chi connectivity index (χ0) is 47.1. The van der Waals surface area contributed by atoms with Gasteiger partial charge >= 0.3 is 0 Å². The Morgan fingerprint density at radius 3 is 0.914 bits per heavy atom. The Bertz CT molecular complexity index is 3290. The molecule has 11 aromatic carbocycles. The van der Waals surface area contributed by atoms with E-state index in [2.05, 4.69) is 322 Å². The maximum atomic E-state index is 3.92. The molecule has 0 unspecified atom stereocenters. The smallest absolute Gasteiger partial charge is 0.0618 e. The van der Waals surface area contributed by atoms with Crippen LogP contribution in [0.4, 0.5) is 51.2 Å². The van der Waals surface area contributed by atoms with Crippen molar-refractivity contribution in [2.75, 3.05) is 14.7 Å². The molecule has 334 valence electrons. The van der Waals surface area contributed by atoms with Gasteiger partial charge in [-0.25, -0.2) is 0 Å². The molecule has 0 aliphatic carbocycles. The maximum Gasteiger partial charge on any atom is 0.0618 e. The average Bonchev–Trinajstić information content (AvgIpc) is 3.43. The lowest BCUT2D eigenvalue weighted by Crippen LogP contribution is -2.18. The van der Waals surface area contributed by atoms with E-state index in [1.165, 1.54) is 0 Å². The second kappa shape index (κ2) is 20.3. The van der Waals surface area contributed by atoms with Gasteiger partial charge in [-0.3, -0.25) is 0 Å². The van der Waals surface area contributed by atoms with Crippen molar-refractivity contribution < 1.29 is 0 Å². The summed E-state index contributed by atoms with van der Waals surface area (Å²) in [5.74, 6) is 0. The highest BCUT2D eigenvalue weighted by Crippen LogP contribution is 2.52. The first-order valence-electron chi connectivity index (χ1n) is 23.6. The van der Waals surface area contributed by atoms with Gasteiger partial charge in [-0.2, -0.15) is 0 Å². The first-order chi connectivity index (χ1) is 34.7. The number of rotatable bonds is 13. The summed E-state index contributed by atoms with van der Waals surface area (Å²) in [6.45, 7) is 0. The number of para-hydroxylation sites is 5. The quantitative estimate of drug-likeness (QED) is 0.114. The van der Waals surface area contributed by atoms with E-state index in [-0.39, 0.29) is 0 Å². The lowest BCUT2D eigenvalue weighted by atomic mass is 9.94. The van der Waals surface area contributed by atoms with Gasteiger partial charge < -0.3 is 14.7 Å². The molecule has 0 aliphatic rings. The molecule has 3 nitrogen and oxygen atoms in total. The van der Waals surface area contributed by atoms with E-state index >= 15 is 0 Å². The fourth-order valence-electron chi connectivity index (χ4n) is 9.54. The van der Waals surface area contributed by atoms with Gasteiger partial charge in [0.25, 0.3) is 0 Å². The van der Waals surface area contributed by atoms with Crippen LogP contribution in [-0.2, 0) is 0 Å². The molecule has 4 heteroatoms. The monoisotopic (exact) mass is 961 g/mol. The van der Waals surface area contributed by atoms with Crippen LogP contribution in [0.15, 0.2) is 296 Å². The highest BCUT2D eigenvalue weighted by atomic mass is 79.9. The molecule has 0 heterocycles. The SMILES string of the molecule is Brc1cccc(N(c2cc(N(c3ccccc3)c3ccccc3-c3ccccc3)cc(N(c3ccccc3)c3ccccc3-c3ccccc3)c2)c2c(-c3ccccc3)cccc2-c2ccccc2)c1. The van der Waals surface area contributed by atoms with Gasteiger partial charge in [-0.15, -0.1) is 0 Å². The van der Waals surface area contributed by atoms with Crippen molar-refractivity contribution in [1.82, 2.24) is 0 Å². The van der Waals surface area contributed by atoms with Crippen molar-refractivity contribution in [1.29, 1.82) is 0 Å². The summed E-state index contributed by atoms with van der Waals surface area (Å²) in [4.78, 5) is 7.30. The number of halogens is 1. The van der Waals surface area contributed by atoms with Crippen LogP contribution >= 0.6 is 15.9 Å². The second-order valence-electron chi connectivity index (χ2n) is 17.1. The molecule has 0 saturated heterocycles. The largest absolute Gasteiger partial charge is 0.310 e. The van der Waals surface area contributed by atoms with E-state index in [9.17, 15) is 0 Å². The summed E-state index contributed by atoms with van der Waals surface area (Å²) in [7, 11) is 0. The predicted octanol–water partition coefficient (Wildman–Crippen LogP) is 19.5. The zero-order valence-electron chi connectivity index (χ0n) is 38.4. The third kappa shape index (κ3) is 9.04. The van der Waals surface area contributed by atoms with E-state index in [1.54, 1.807) is 0 Å². The molecule has 0 aromatic heterocycles. The molecule has 11 rings (SSSR count). The summed E-state index contributed by atoms with van der Waals surface area (Å²) >= 11 is 3.92. The Morgan fingerprint density at radius 1 is 0.214 bits per heavy atom. The molecule has 70 heavy (non-hydrogen) atoms. The van der Waals surface area contributed by atoms with E-state index in [4.69, 9.17) is 0 Å². The fourth-order valence-corrected chi connectivity index (χ4v) is 9.93. The third-order valence-corrected chi connectivity index (χ3v) is 13.1. The molecular formula is C66H48BrN3. The topological polar surface area (TPSA) is 9.72 Å². The minimum atomic E-state index is 0.974. The van der Waals surface area contributed by atoms with Gasteiger partial charge in [-0.05, 0) is 95.1 Å². The highest BCUT2D eigenvalue weighted by molar-refractivity contribution is 9.10. The van der Waals surface area contributed by atoms with E-state index in [1.807, 2.05) is 0 Å². The standard InChI is InChI=1S/C66H48BrN3/c67-53-33-23-38-56(45-53)70(66-62(51-29-11-3-12-30-51)41-24-42-63(66)52-31-13-4-14-32-52)59-47-57(68(54-34-15-5-16-35-54)64-43-21-19-39-60(64)49-25-7-1-8-26-49)46-58(48-59)69(55-36-17-6-18-37-55)65-44-22-20-40-61(65)50-27-9-2-10-28-50/h1-48H. The van der Waals surface area contributed by atoms with Gasteiger partial charge in [0.05, 0.1) is 34.1 Å². The molecule has 0 fully saturated rings. The Balaban J connectivity index is 1.28. The van der Waals surface area contributed by atoms with Crippen LogP contribution in [0.5, 0.6) is 0 Å². The van der Waals surface area contributed by atoms with Crippen molar-refractivity contribution in [2.24, 2.45) is 0 Å². The van der Waals surface area contributed by atoms with Crippen LogP contribution in [0, 0.1) is 0 Å². The van der Waals surface area contributed by atoms with Gasteiger partial charge in [0.1, 0.15) is 0 Å². The molecule has 0 saturated carbocycles. The predicted molar refractivity (Wildman–Crippen MR) is 300 cm³/mol. The Morgan fingerprint density at radius 2 is 0.514 bits per heavy atom. The van der Waals surface area contributed by atoms with Crippen LogP contribution < -0.4 is 14.7 Å². The molecule has 0 spiro atoms. The van der Waals surface area contributed by atoms with Crippen molar-refractivity contribution in [2.45, 2.75) is 0 Å². The molecule has 0 N–H and O–H groups in total. The van der Waals surface area contributed by atoms with E-state index < -0.39 is 0 Å². The summed E-state index contributed by atoms with van der Waals surface area (Å²) in [5, 5.41) is 0. The van der Waals surface area contributed by atoms with Gasteiger partial charge in [0.2, 0.25) is 0 Å². The Hall–Kier alpha value is -8.70. The highest BCUT2D eigenvalue weighted by Gasteiger charge is 2.27. The molecule has 0 radical (unpaired) electrons. The van der Waals surface area contributed by atoms with Crippen LogP contribution in [-0.4, -0.2) is 0 Å². The van der Waals surface area contributed by atoms with Crippen molar-refractivity contribution in [3.8, 4) is 44.5 Å². The van der Waals surface area contributed by atoms with Gasteiger partial charge in [-0.1, -0.05) is 234 Å². The summed E-state index contributed by atoms with van der Waals surface area (Å²) in [6, 6.07) is 104.